The Morgan fingerprint density at radius 2 is 1.95 bits per heavy atom. The lowest BCUT2D eigenvalue weighted by Gasteiger charge is -2.47. The highest BCUT2D eigenvalue weighted by Gasteiger charge is 2.53. The Hall–Kier alpha value is -3.09. The summed E-state index contributed by atoms with van der Waals surface area (Å²) in [6, 6.07) is 20.4. The molecule has 39 heavy (non-hydrogen) atoms. The van der Waals surface area contributed by atoms with Gasteiger partial charge in [-0.05, 0) is 103 Å². The Kier molecular flexibility index (Phi) is 7.02. The van der Waals surface area contributed by atoms with Crippen LogP contribution in [0.4, 0.5) is 11.4 Å². The predicted octanol–water partition coefficient (Wildman–Crippen LogP) is 8.01. The number of thiophene rings is 1. The van der Waals surface area contributed by atoms with E-state index in [1.807, 2.05) is 30.5 Å². The molecular formula is C32H34ClN3O2S. The highest BCUT2D eigenvalue weighted by Crippen LogP contribution is 2.56. The molecule has 5 nitrogen and oxygen atoms in total. The number of benzene rings is 2. The van der Waals surface area contributed by atoms with Gasteiger partial charge >= 0.3 is 5.97 Å². The molecule has 4 aromatic rings. The number of carboxylic acids is 1. The molecule has 0 aliphatic heterocycles. The van der Waals surface area contributed by atoms with Crippen LogP contribution in [-0.2, 0) is 16.6 Å². The number of pyridine rings is 1. The third-order valence-electron chi connectivity index (χ3n) is 9.09. The summed E-state index contributed by atoms with van der Waals surface area (Å²) in [5.41, 5.74) is 4.85. The first-order chi connectivity index (χ1) is 18.9. The maximum Gasteiger partial charge on any atom is 0.329 e. The summed E-state index contributed by atoms with van der Waals surface area (Å²) in [6.45, 7) is 3.23. The van der Waals surface area contributed by atoms with Gasteiger partial charge in [0.2, 0.25) is 0 Å². The third kappa shape index (κ3) is 4.89. The van der Waals surface area contributed by atoms with Crippen molar-refractivity contribution >= 4 is 50.5 Å². The molecule has 7 heteroatoms. The van der Waals surface area contributed by atoms with Gasteiger partial charge < -0.3 is 15.7 Å². The van der Waals surface area contributed by atoms with Crippen LogP contribution in [0.15, 0.2) is 72.2 Å². The molecule has 1 saturated carbocycles. The van der Waals surface area contributed by atoms with Gasteiger partial charge in [0.15, 0.2) is 0 Å². The molecule has 2 aromatic carbocycles. The van der Waals surface area contributed by atoms with Crippen LogP contribution in [0, 0.1) is 11.8 Å². The quantitative estimate of drug-likeness (QED) is 0.204. The number of aliphatic carboxylic acids is 1. The minimum Gasteiger partial charge on any atom is -0.480 e. The molecule has 0 bridgehead atoms. The lowest BCUT2D eigenvalue weighted by Crippen LogP contribution is -2.53. The van der Waals surface area contributed by atoms with Crippen LogP contribution in [0.25, 0.3) is 10.2 Å². The number of rotatable bonds is 8. The number of aromatic nitrogens is 1. The van der Waals surface area contributed by atoms with Crippen LogP contribution in [0.2, 0.25) is 5.02 Å². The smallest absolute Gasteiger partial charge is 0.329 e. The van der Waals surface area contributed by atoms with E-state index < -0.39 is 11.5 Å². The van der Waals surface area contributed by atoms with Gasteiger partial charge in [-0.25, -0.2) is 4.79 Å². The number of hydrogen-bond acceptors (Lipinski definition) is 5. The fourth-order valence-corrected chi connectivity index (χ4v) is 8.11. The Morgan fingerprint density at radius 1 is 1.13 bits per heavy atom. The Balaban J connectivity index is 1.20. The lowest BCUT2D eigenvalue weighted by atomic mass is 9.59. The van der Waals surface area contributed by atoms with Crippen molar-refractivity contribution in [3.63, 3.8) is 0 Å². The summed E-state index contributed by atoms with van der Waals surface area (Å²) >= 11 is 7.93. The van der Waals surface area contributed by atoms with Crippen LogP contribution in [-0.4, -0.2) is 28.1 Å². The van der Waals surface area contributed by atoms with Crippen molar-refractivity contribution in [3.05, 3.63) is 88.4 Å². The molecule has 0 amide bonds. The first-order valence-electron chi connectivity index (χ1n) is 13.8. The highest BCUT2D eigenvalue weighted by atomic mass is 35.5. The van der Waals surface area contributed by atoms with E-state index >= 15 is 0 Å². The Labute approximate surface area is 238 Å². The van der Waals surface area contributed by atoms with Gasteiger partial charge in [-0.1, -0.05) is 48.9 Å². The van der Waals surface area contributed by atoms with Gasteiger partial charge in [0, 0.05) is 23.5 Å². The molecule has 3 N–H and O–H groups in total. The van der Waals surface area contributed by atoms with E-state index in [0.29, 0.717) is 29.7 Å². The van der Waals surface area contributed by atoms with E-state index in [1.54, 1.807) is 11.3 Å². The number of anilines is 2. The third-order valence-corrected chi connectivity index (χ3v) is 10.3. The number of carboxylic acid groups (broad SMARTS) is 1. The number of hydrogen-bond donors (Lipinski definition) is 3. The number of halogens is 1. The van der Waals surface area contributed by atoms with Crippen molar-refractivity contribution < 1.29 is 9.90 Å². The first kappa shape index (κ1) is 26.1. The minimum atomic E-state index is -0.987. The van der Waals surface area contributed by atoms with Crippen molar-refractivity contribution in [2.75, 3.05) is 17.2 Å². The van der Waals surface area contributed by atoms with E-state index in [-0.39, 0.29) is 5.41 Å². The zero-order valence-corrected chi connectivity index (χ0v) is 23.7. The predicted molar refractivity (Wildman–Crippen MR) is 161 cm³/mol. The van der Waals surface area contributed by atoms with Gasteiger partial charge in [0.25, 0.3) is 0 Å². The normalized spacial score (nSPS) is 24.9. The fourth-order valence-electron chi connectivity index (χ4n) is 7.07. The maximum absolute atomic E-state index is 12.7. The molecule has 0 unspecified atom stereocenters. The lowest BCUT2D eigenvalue weighted by molar-refractivity contribution is -0.144. The number of nitrogens with one attached hydrogen (secondary N) is 2. The first-order valence-corrected chi connectivity index (χ1v) is 15.1. The molecule has 2 aliphatic rings. The van der Waals surface area contributed by atoms with Crippen LogP contribution >= 0.6 is 22.9 Å². The van der Waals surface area contributed by atoms with Crippen molar-refractivity contribution in [2.45, 2.75) is 56.4 Å². The van der Waals surface area contributed by atoms with Crippen LogP contribution < -0.4 is 10.6 Å². The fraction of sp³-hybridized carbons (Fsp3) is 0.375. The molecule has 2 aromatic heterocycles. The summed E-state index contributed by atoms with van der Waals surface area (Å²) in [5.74, 6) is 0.180. The highest BCUT2D eigenvalue weighted by molar-refractivity contribution is 7.17. The number of nitrogens with zero attached hydrogens (tertiary/aromatic N) is 1. The van der Waals surface area contributed by atoms with Gasteiger partial charge in [0.05, 0.1) is 15.9 Å². The van der Waals surface area contributed by atoms with E-state index in [1.165, 1.54) is 15.8 Å². The van der Waals surface area contributed by atoms with Crippen molar-refractivity contribution in [2.24, 2.45) is 11.8 Å². The van der Waals surface area contributed by atoms with Crippen LogP contribution in [0.5, 0.6) is 0 Å². The standard InChI is InChI=1S/C32H34ClN3O2S/c1-21(20-35-27-9-15-34-28-10-16-39-29(27)28)17-23-18-22-5-2-3-8-26(22)31(23)11-13-32(14-12-31,30(37)38)36-25-7-4-6-24(33)19-25/h2-10,15-16,19,21,23,36H,11-14,17-18,20H2,1H3,(H,34,35)(H,37,38)/t21-,23+,31?,32?/m1/s1. The molecule has 202 valence electrons. The van der Waals surface area contributed by atoms with Crippen molar-refractivity contribution in [1.29, 1.82) is 0 Å². The molecule has 6 rings (SSSR count). The van der Waals surface area contributed by atoms with Gasteiger partial charge in [-0.2, -0.15) is 0 Å². The van der Waals surface area contributed by atoms with E-state index in [0.717, 1.165) is 49.1 Å². The monoisotopic (exact) mass is 559 g/mol. The van der Waals surface area contributed by atoms with Gasteiger partial charge in [0.1, 0.15) is 5.54 Å². The summed E-state index contributed by atoms with van der Waals surface area (Å²) in [4.78, 5) is 17.1. The molecule has 0 saturated heterocycles. The van der Waals surface area contributed by atoms with Gasteiger partial charge in [-0.3, -0.25) is 4.98 Å². The van der Waals surface area contributed by atoms with Gasteiger partial charge in [-0.15, -0.1) is 11.3 Å². The zero-order chi connectivity index (χ0) is 27.0. The molecule has 0 radical (unpaired) electrons. The second-order valence-electron chi connectivity index (χ2n) is 11.5. The Morgan fingerprint density at radius 3 is 2.74 bits per heavy atom. The number of fused-ring (bicyclic) bond motifs is 3. The second kappa shape index (κ2) is 10.5. The van der Waals surface area contributed by atoms with Crippen LogP contribution in [0.1, 0.15) is 50.2 Å². The topological polar surface area (TPSA) is 74.2 Å². The molecule has 2 atom stereocenters. The molecular weight excluding hydrogens is 526 g/mol. The molecule has 2 heterocycles. The second-order valence-corrected chi connectivity index (χ2v) is 12.8. The largest absolute Gasteiger partial charge is 0.480 e. The van der Waals surface area contributed by atoms with E-state index in [4.69, 9.17) is 11.6 Å². The minimum absolute atomic E-state index is 0.0114. The zero-order valence-electron chi connectivity index (χ0n) is 22.1. The SMILES string of the molecule is C[C@@H](CNc1ccnc2ccsc12)C[C@H]1Cc2ccccc2C12CCC(Nc1cccc(Cl)c1)(C(=O)O)CC2. The van der Waals surface area contributed by atoms with Crippen molar-refractivity contribution in [1.82, 2.24) is 4.98 Å². The van der Waals surface area contributed by atoms with E-state index in [9.17, 15) is 9.90 Å². The molecule has 1 fully saturated rings. The summed E-state index contributed by atoms with van der Waals surface area (Å²) in [6.07, 6.45) is 6.91. The molecule has 2 aliphatic carbocycles. The summed E-state index contributed by atoms with van der Waals surface area (Å²) < 4.78 is 1.21. The molecule has 1 spiro atoms. The van der Waals surface area contributed by atoms with Crippen molar-refractivity contribution in [3.8, 4) is 0 Å². The average Bonchev–Trinajstić information content (AvgIpc) is 3.52. The van der Waals surface area contributed by atoms with Crippen LogP contribution in [0.3, 0.4) is 0 Å². The number of carbonyl (C=O) groups is 1. The van der Waals surface area contributed by atoms with E-state index in [2.05, 4.69) is 64.3 Å². The summed E-state index contributed by atoms with van der Waals surface area (Å²) in [7, 11) is 0. The maximum atomic E-state index is 12.7. The average molecular weight is 560 g/mol. The summed E-state index contributed by atoms with van der Waals surface area (Å²) in [5, 5.41) is 20.1. The Bertz CT molecular complexity index is 1490.